The average Bonchev–Trinajstić information content (AvgIpc) is 2.37. The van der Waals surface area contributed by atoms with Crippen molar-refractivity contribution in [1.29, 1.82) is 0 Å². The second-order valence-corrected chi connectivity index (χ2v) is 4.61. The molecule has 0 saturated carbocycles. The fourth-order valence-electron chi connectivity index (χ4n) is 1.79. The molecule has 0 heterocycles. The molecule has 0 aliphatic carbocycles. The summed E-state index contributed by atoms with van der Waals surface area (Å²) in [5.41, 5.74) is 1.72. The van der Waals surface area contributed by atoms with Crippen LogP contribution in [-0.4, -0.2) is 7.05 Å². The molecule has 0 spiro atoms. The predicted molar refractivity (Wildman–Crippen MR) is 74.9 cm³/mol. The maximum absolute atomic E-state index is 13.4. The summed E-state index contributed by atoms with van der Waals surface area (Å²) in [5, 5.41) is 3.63. The van der Waals surface area contributed by atoms with Crippen LogP contribution in [0.5, 0.6) is 5.75 Å². The van der Waals surface area contributed by atoms with Crippen molar-refractivity contribution in [3.63, 3.8) is 0 Å². The zero-order valence-electron chi connectivity index (χ0n) is 10.6. The fourth-order valence-corrected chi connectivity index (χ4v) is 1.98. The molecule has 0 unspecified atom stereocenters. The SMILES string of the molecule is CNCc1cc(F)cc(OCc2ccccc2Cl)c1. The van der Waals surface area contributed by atoms with E-state index >= 15 is 0 Å². The topological polar surface area (TPSA) is 21.3 Å². The van der Waals surface area contributed by atoms with E-state index in [0.29, 0.717) is 23.9 Å². The second kappa shape index (κ2) is 6.55. The van der Waals surface area contributed by atoms with Gasteiger partial charge in [0.1, 0.15) is 18.2 Å². The molecule has 0 radical (unpaired) electrons. The molecule has 4 heteroatoms. The van der Waals surface area contributed by atoms with Crippen LogP contribution < -0.4 is 10.1 Å². The van der Waals surface area contributed by atoms with Gasteiger partial charge in [-0.2, -0.15) is 0 Å². The molecule has 0 aliphatic rings. The van der Waals surface area contributed by atoms with E-state index in [4.69, 9.17) is 16.3 Å². The third-order valence-electron chi connectivity index (χ3n) is 2.66. The molecule has 0 bridgehead atoms. The largest absolute Gasteiger partial charge is 0.489 e. The minimum atomic E-state index is -0.304. The van der Waals surface area contributed by atoms with Crippen molar-refractivity contribution < 1.29 is 9.13 Å². The lowest BCUT2D eigenvalue weighted by Gasteiger charge is -2.09. The van der Waals surface area contributed by atoms with Crippen molar-refractivity contribution in [2.75, 3.05) is 7.05 Å². The van der Waals surface area contributed by atoms with E-state index in [-0.39, 0.29) is 5.82 Å². The van der Waals surface area contributed by atoms with Gasteiger partial charge in [0.25, 0.3) is 0 Å². The molecular formula is C15H15ClFNO. The summed E-state index contributed by atoms with van der Waals surface area (Å²) >= 11 is 6.04. The van der Waals surface area contributed by atoms with Crippen LogP contribution in [0.2, 0.25) is 5.02 Å². The molecule has 0 aliphatic heterocycles. The Morgan fingerprint density at radius 1 is 1.21 bits per heavy atom. The first-order chi connectivity index (χ1) is 9.19. The Morgan fingerprint density at radius 2 is 2.00 bits per heavy atom. The molecule has 0 fully saturated rings. The number of hydrogen-bond donors (Lipinski definition) is 1. The molecule has 2 aromatic rings. The lowest BCUT2D eigenvalue weighted by molar-refractivity contribution is 0.304. The van der Waals surface area contributed by atoms with Crippen LogP contribution >= 0.6 is 11.6 Å². The van der Waals surface area contributed by atoms with Gasteiger partial charge < -0.3 is 10.1 Å². The third kappa shape index (κ3) is 3.94. The molecule has 0 amide bonds. The number of ether oxygens (including phenoxy) is 1. The summed E-state index contributed by atoms with van der Waals surface area (Å²) in [4.78, 5) is 0. The molecule has 2 aromatic carbocycles. The Morgan fingerprint density at radius 3 is 2.74 bits per heavy atom. The second-order valence-electron chi connectivity index (χ2n) is 4.21. The van der Waals surface area contributed by atoms with Gasteiger partial charge in [-0.15, -0.1) is 0 Å². The Hall–Kier alpha value is -1.58. The van der Waals surface area contributed by atoms with Gasteiger partial charge in [-0.05, 0) is 30.8 Å². The summed E-state index contributed by atoms with van der Waals surface area (Å²) in [6.45, 7) is 0.919. The van der Waals surface area contributed by atoms with Gasteiger partial charge in [0.2, 0.25) is 0 Å². The van der Waals surface area contributed by atoms with Gasteiger partial charge in [0, 0.05) is 23.2 Å². The van der Waals surface area contributed by atoms with Crippen LogP contribution in [0.3, 0.4) is 0 Å². The van der Waals surface area contributed by atoms with Gasteiger partial charge in [-0.25, -0.2) is 4.39 Å². The Kier molecular flexibility index (Phi) is 4.77. The zero-order valence-corrected chi connectivity index (χ0v) is 11.4. The molecule has 100 valence electrons. The number of rotatable bonds is 5. The summed E-state index contributed by atoms with van der Waals surface area (Å²) in [7, 11) is 1.81. The summed E-state index contributed by atoms with van der Waals surface area (Å²) in [6, 6.07) is 12.1. The highest BCUT2D eigenvalue weighted by atomic mass is 35.5. The van der Waals surface area contributed by atoms with Gasteiger partial charge in [0.15, 0.2) is 0 Å². The number of nitrogens with one attached hydrogen (secondary N) is 1. The minimum Gasteiger partial charge on any atom is -0.489 e. The molecule has 0 aromatic heterocycles. The van der Waals surface area contributed by atoms with Crippen molar-refractivity contribution in [2.24, 2.45) is 0 Å². The minimum absolute atomic E-state index is 0.304. The molecule has 1 N–H and O–H groups in total. The first-order valence-electron chi connectivity index (χ1n) is 5.99. The molecule has 0 atom stereocenters. The first kappa shape index (κ1) is 13.8. The van der Waals surface area contributed by atoms with E-state index in [9.17, 15) is 4.39 Å². The van der Waals surface area contributed by atoms with E-state index in [0.717, 1.165) is 11.1 Å². The third-order valence-corrected chi connectivity index (χ3v) is 3.03. The van der Waals surface area contributed by atoms with Crippen LogP contribution in [0.25, 0.3) is 0 Å². The number of hydrogen-bond acceptors (Lipinski definition) is 2. The molecule has 0 saturated heterocycles. The van der Waals surface area contributed by atoms with Crippen molar-refractivity contribution in [3.8, 4) is 5.75 Å². The monoisotopic (exact) mass is 279 g/mol. The van der Waals surface area contributed by atoms with Crippen LogP contribution in [-0.2, 0) is 13.2 Å². The Bertz CT molecular complexity index is 560. The van der Waals surface area contributed by atoms with Gasteiger partial charge in [-0.1, -0.05) is 29.8 Å². The fraction of sp³-hybridized carbons (Fsp3) is 0.200. The van der Waals surface area contributed by atoms with E-state index in [1.54, 1.807) is 6.07 Å². The lowest BCUT2D eigenvalue weighted by atomic mass is 10.2. The van der Waals surface area contributed by atoms with E-state index < -0.39 is 0 Å². The summed E-state index contributed by atoms with van der Waals surface area (Å²) < 4.78 is 19.0. The van der Waals surface area contributed by atoms with Crippen molar-refractivity contribution in [3.05, 3.63) is 64.4 Å². The maximum atomic E-state index is 13.4. The number of benzene rings is 2. The summed E-state index contributed by atoms with van der Waals surface area (Å²) in [6.07, 6.45) is 0. The highest BCUT2D eigenvalue weighted by Crippen LogP contribution is 2.20. The lowest BCUT2D eigenvalue weighted by Crippen LogP contribution is -2.06. The summed E-state index contributed by atoms with van der Waals surface area (Å²) in [5.74, 6) is 0.201. The molecule has 2 rings (SSSR count). The smallest absolute Gasteiger partial charge is 0.127 e. The quantitative estimate of drug-likeness (QED) is 0.899. The zero-order chi connectivity index (χ0) is 13.7. The predicted octanol–water partition coefficient (Wildman–Crippen LogP) is 3.78. The first-order valence-corrected chi connectivity index (χ1v) is 6.37. The van der Waals surface area contributed by atoms with Gasteiger partial charge in [-0.3, -0.25) is 0 Å². The van der Waals surface area contributed by atoms with Gasteiger partial charge in [0.05, 0.1) is 0 Å². The van der Waals surface area contributed by atoms with Crippen LogP contribution in [0.4, 0.5) is 4.39 Å². The molecular weight excluding hydrogens is 265 g/mol. The molecule has 19 heavy (non-hydrogen) atoms. The van der Waals surface area contributed by atoms with Crippen molar-refractivity contribution in [1.82, 2.24) is 5.32 Å². The van der Waals surface area contributed by atoms with Crippen molar-refractivity contribution in [2.45, 2.75) is 13.2 Å². The van der Waals surface area contributed by atoms with Crippen molar-refractivity contribution >= 4 is 11.6 Å². The van der Waals surface area contributed by atoms with E-state index in [1.807, 2.05) is 31.3 Å². The van der Waals surface area contributed by atoms with E-state index in [1.165, 1.54) is 12.1 Å². The highest BCUT2D eigenvalue weighted by molar-refractivity contribution is 6.31. The van der Waals surface area contributed by atoms with Gasteiger partial charge >= 0.3 is 0 Å². The molecule has 2 nitrogen and oxygen atoms in total. The standard InChI is InChI=1S/C15H15ClFNO/c1-18-9-11-6-13(17)8-14(7-11)19-10-12-4-2-3-5-15(12)16/h2-8,18H,9-10H2,1H3. The Balaban J connectivity index is 2.09. The maximum Gasteiger partial charge on any atom is 0.127 e. The Labute approximate surface area is 117 Å². The number of halogens is 2. The van der Waals surface area contributed by atoms with Crippen LogP contribution in [0, 0.1) is 5.82 Å². The van der Waals surface area contributed by atoms with E-state index in [2.05, 4.69) is 5.32 Å². The average molecular weight is 280 g/mol. The normalized spacial score (nSPS) is 10.5. The van der Waals surface area contributed by atoms with Crippen LogP contribution in [0.15, 0.2) is 42.5 Å². The highest BCUT2D eigenvalue weighted by Gasteiger charge is 2.04. The van der Waals surface area contributed by atoms with Crippen LogP contribution in [0.1, 0.15) is 11.1 Å².